The smallest absolute Gasteiger partial charge is 0.269 e. The van der Waals surface area contributed by atoms with Crippen LogP contribution in [0.3, 0.4) is 0 Å². The monoisotopic (exact) mass is 314 g/mol. The molecule has 1 aliphatic heterocycles. The average molecular weight is 314 g/mol. The van der Waals surface area contributed by atoms with Gasteiger partial charge in [0.1, 0.15) is 17.5 Å². The second-order valence-corrected chi connectivity index (χ2v) is 6.02. The van der Waals surface area contributed by atoms with E-state index in [1.807, 2.05) is 24.3 Å². The third-order valence-electron chi connectivity index (χ3n) is 4.52. The molecule has 1 saturated carbocycles. The molecular formula is C16H18N4O3. The van der Waals surface area contributed by atoms with Crippen LogP contribution in [0.25, 0.3) is 0 Å². The predicted octanol–water partition coefficient (Wildman–Crippen LogP) is 0.525. The number of aromatic nitrogens is 2. The summed E-state index contributed by atoms with van der Waals surface area (Å²) in [6, 6.07) is 7.04. The molecule has 2 aliphatic rings. The van der Waals surface area contributed by atoms with Gasteiger partial charge in [-0.05, 0) is 12.1 Å². The lowest BCUT2D eigenvalue weighted by Gasteiger charge is -2.31. The molecule has 0 unspecified atom stereocenters. The number of carbonyl (C=O) groups is 1. The van der Waals surface area contributed by atoms with Crippen LogP contribution < -0.4 is 15.4 Å². The van der Waals surface area contributed by atoms with Crippen molar-refractivity contribution in [3.63, 3.8) is 0 Å². The maximum atomic E-state index is 12.3. The number of benzene rings is 1. The highest BCUT2D eigenvalue weighted by molar-refractivity contribution is 5.92. The molecule has 0 radical (unpaired) electrons. The molecule has 0 spiro atoms. The fourth-order valence-corrected chi connectivity index (χ4v) is 3.30. The summed E-state index contributed by atoms with van der Waals surface area (Å²) >= 11 is 0. The normalized spacial score (nSPS) is 28.3. The molecule has 1 aromatic carbocycles. The summed E-state index contributed by atoms with van der Waals surface area (Å²) in [4.78, 5) is 16.2. The lowest BCUT2D eigenvalue weighted by Crippen LogP contribution is -2.47. The van der Waals surface area contributed by atoms with Crippen molar-refractivity contribution < 1.29 is 14.6 Å². The zero-order chi connectivity index (χ0) is 16.0. The fraction of sp³-hybridized carbons (Fsp3) is 0.375. The number of ether oxygens (including phenoxy) is 1. The maximum absolute atomic E-state index is 12.3. The largest absolute Gasteiger partial charge is 0.486 e. The summed E-state index contributed by atoms with van der Waals surface area (Å²) in [5.41, 5.74) is 1.33. The predicted molar refractivity (Wildman–Crippen MR) is 83.4 cm³/mol. The molecular weight excluding hydrogens is 296 g/mol. The average Bonchev–Trinajstić information content (AvgIpc) is 3.10. The Morgan fingerprint density at radius 2 is 2.30 bits per heavy atom. The zero-order valence-corrected chi connectivity index (χ0v) is 12.6. The number of hydrogen-bond acceptors (Lipinski definition) is 5. The van der Waals surface area contributed by atoms with Gasteiger partial charge in [0.2, 0.25) is 0 Å². The summed E-state index contributed by atoms with van der Waals surface area (Å²) < 4.78 is 7.61. The third kappa shape index (κ3) is 2.33. The first-order chi connectivity index (χ1) is 11.1. The quantitative estimate of drug-likeness (QED) is 0.752. The minimum Gasteiger partial charge on any atom is -0.486 e. The van der Waals surface area contributed by atoms with Crippen LogP contribution >= 0.6 is 0 Å². The molecule has 23 heavy (non-hydrogen) atoms. The number of aliphatic hydroxyl groups excluding tert-OH is 1. The number of anilines is 1. The van der Waals surface area contributed by atoms with Crippen LogP contribution in [-0.2, 0) is 7.05 Å². The summed E-state index contributed by atoms with van der Waals surface area (Å²) in [5, 5.41) is 16.7. The minimum atomic E-state index is -0.717. The van der Waals surface area contributed by atoms with E-state index in [0.717, 1.165) is 11.4 Å². The number of hydrogen-bond donors (Lipinski definition) is 3. The molecule has 3 N–H and O–H groups in total. The number of para-hydroxylation sites is 2. The van der Waals surface area contributed by atoms with E-state index < -0.39 is 6.10 Å². The maximum Gasteiger partial charge on any atom is 0.269 e. The number of imidazole rings is 1. The molecule has 1 amide bonds. The van der Waals surface area contributed by atoms with Crippen LogP contribution in [-0.4, -0.2) is 44.9 Å². The molecule has 7 nitrogen and oxygen atoms in total. The fourth-order valence-electron chi connectivity index (χ4n) is 3.30. The van der Waals surface area contributed by atoms with E-state index in [2.05, 4.69) is 15.6 Å². The van der Waals surface area contributed by atoms with Crippen LogP contribution in [0.5, 0.6) is 5.75 Å². The van der Waals surface area contributed by atoms with Gasteiger partial charge in [0.05, 0.1) is 36.4 Å². The summed E-state index contributed by atoms with van der Waals surface area (Å²) in [6.45, 7) is 0. The number of fused-ring (bicyclic) bond motifs is 2. The number of rotatable bonds is 2. The van der Waals surface area contributed by atoms with Gasteiger partial charge in [-0.3, -0.25) is 4.79 Å². The Hall–Kier alpha value is -2.54. The standard InChI is InChI=1S/C16H18N4O3/c1-20-8-17-7-11(20)16(22)19-10-6-13-14(15(10)21)18-9-4-2-3-5-12(9)23-13/h2-5,7-8,10,13-15,18,21H,6H2,1H3,(H,19,22)/t10-,13-,14-,15-/m1/s1. The number of amides is 1. The summed E-state index contributed by atoms with van der Waals surface area (Å²) in [6.07, 6.45) is 2.74. The molecule has 1 aromatic heterocycles. The lowest BCUT2D eigenvalue weighted by molar-refractivity contribution is 0.0845. The number of aliphatic hydroxyl groups is 1. The molecule has 1 aliphatic carbocycles. The molecule has 4 atom stereocenters. The molecule has 1 fully saturated rings. The second kappa shape index (κ2) is 5.27. The highest BCUT2D eigenvalue weighted by Gasteiger charge is 2.47. The number of nitrogens with zero attached hydrogens (tertiary/aromatic N) is 2. The first-order valence-corrected chi connectivity index (χ1v) is 7.61. The van der Waals surface area contributed by atoms with Gasteiger partial charge in [0.25, 0.3) is 5.91 Å². The van der Waals surface area contributed by atoms with Crippen molar-refractivity contribution in [2.24, 2.45) is 7.05 Å². The Morgan fingerprint density at radius 3 is 3.09 bits per heavy atom. The molecule has 7 heteroatoms. The number of carbonyl (C=O) groups excluding carboxylic acids is 1. The Kier molecular flexibility index (Phi) is 3.23. The summed E-state index contributed by atoms with van der Waals surface area (Å²) in [5.74, 6) is 0.532. The topological polar surface area (TPSA) is 88.4 Å². The molecule has 0 saturated heterocycles. The Labute approximate surface area is 133 Å². The van der Waals surface area contributed by atoms with Crippen molar-refractivity contribution in [3.05, 3.63) is 42.5 Å². The van der Waals surface area contributed by atoms with Gasteiger partial charge < -0.3 is 25.0 Å². The van der Waals surface area contributed by atoms with Gasteiger partial charge in [0, 0.05) is 13.5 Å². The summed E-state index contributed by atoms with van der Waals surface area (Å²) in [7, 11) is 1.76. The molecule has 4 rings (SSSR count). The van der Waals surface area contributed by atoms with Crippen molar-refractivity contribution in [3.8, 4) is 5.75 Å². The number of nitrogens with one attached hydrogen (secondary N) is 2. The Bertz CT molecular complexity index is 744. The molecule has 2 heterocycles. The lowest BCUT2D eigenvalue weighted by atomic mass is 10.1. The highest BCUT2D eigenvalue weighted by Crippen LogP contribution is 2.37. The van der Waals surface area contributed by atoms with Crippen LogP contribution in [0.2, 0.25) is 0 Å². The number of aryl methyl sites for hydroxylation is 1. The molecule has 120 valence electrons. The van der Waals surface area contributed by atoms with Gasteiger partial charge in [-0.25, -0.2) is 4.98 Å². The molecule has 2 aromatic rings. The second-order valence-electron chi connectivity index (χ2n) is 6.02. The van der Waals surface area contributed by atoms with Crippen LogP contribution in [0, 0.1) is 0 Å². The zero-order valence-electron chi connectivity index (χ0n) is 12.6. The van der Waals surface area contributed by atoms with E-state index in [9.17, 15) is 9.90 Å². The van der Waals surface area contributed by atoms with E-state index in [1.165, 1.54) is 6.20 Å². The van der Waals surface area contributed by atoms with E-state index in [0.29, 0.717) is 12.1 Å². The van der Waals surface area contributed by atoms with Gasteiger partial charge in [-0.1, -0.05) is 12.1 Å². The van der Waals surface area contributed by atoms with Crippen LogP contribution in [0.1, 0.15) is 16.9 Å². The van der Waals surface area contributed by atoms with Crippen molar-refractivity contribution in [1.82, 2.24) is 14.9 Å². The van der Waals surface area contributed by atoms with Gasteiger partial charge in [-0.2, -0.15) is 0 Å². The van der Waals surface area contributed by atoms with Gasteiger partial charge in [0.15, 0.2) is 0 Å². The third-order valence-corrected chi connectivity index (χ3v) is 4.52. The van der Waals surface area contributed by atoms with Crippen molar-refractivity contribution >= 4 is 11.6 Å². The van der Waals surface area contributed by atoms with E-state index in [-0.39, 0.29) is 24.1 Å². The van der Waals surface area contributed by atoms with E-state index in [4.69, 9.17) is 4.74 Å². The van der Waals surface area contributed by atoms with Crippen molar-refractivity contribution in [1.29, 1.82) is 0 Å². The van der Waals surface area contributed by atoms with Crippen molar-refractivity contribution in [2.75, 3.05) is 5.32 Å². The van der Waals surface area contributed by atoms with Crippen LogP contribution in [0.15, 0.2) is 36.8 Å². The SMILES string of the molecule is Cn1cncc1C(=O)N[C@@H]1C[C@H]2Oc3ccccc3N[C@H]2[C@@H]1O. The van der Waals surface area contributed by atoms with Gasteiger partial charge >= 0.3 is 0 Å². The molecule has 0 bridgehead atoms. The van der Waals surface area contributed by atoms with Crippen LogP contribution in [0.4, 0.5) is 5.69 Å². The highest BCUT2D eigenvalue weighted by atomic mass is 16.5. The van der Waals surface area contributed by atoms with E-state index in [1.54, 1.807) is 17.9 Å². The Balaban J connectivity index is 1.49. The first kappa shape index (κ1) is 14.1. The van der Waals surface area contributed by atoms with Gasteiger partial charge in [-0.15, -0.1) is 0 Å². The Morgan fingerprint density at radius 1 is 1.48 bits per heavy atom. The van der Waals surface area contributed by atoms with E-state index >= 15 is 0 Å². The minimum absolute atomic E-state index is 0.170. The van der Waals surface area contributed by atoms with Crippen molar-refractivity contribution in [2.45, 2.75) is 30.7 Å². The first-order valence-electron chi connectivity index (χ1n) is 7.61.